The van der Waals surface area contributed by atoms with Crippen molar-refractivity contribution in [1.82, 2.24) is 4.90 Å². The maximum atomic E-state index is 12.3. The van der Waals surface area contributed by atoms with E-state index in [1.807, 2.05) is 29.2 Å². The summed E-state index contributed by atoms with van der Waals surface area (Å²) in [5.74, 6) is 0.553. The van der Waals surface area contributed by atoms with Gasteiger partial charge in [-0.1, -0.05) is 26.7 Å². The Kier molecular flexibility index (Phi) is 7.09. The lowest BCUT2D eigenvalue weighted by molar-refractivity contribution is -0.116. The zero-order valence-electron chi connectivity index (χ0n) is 14.8. The Morgan fingerprint density at radius 1 is 0.958 bits per heavy atom. The highest BCUT2D eigenvalue weighted by Crippen LogP contribution is 2.16. The summed E-state index contributed by atoms with van der Waals surface area (Å²) in [5, 5.41) is 5.82. The molecule has 0 aliphatic carbocycles. The van der Waals surface area contributed by atoms with Gasteiger partial charge in [0.05, 0.1) is 0 Å². The van der Waals surface area contributed by atoms with Crippen molar-refractivity contribution in [3.63, 3.8) is 0 Å². The largest absolute Gasteiger partial charge is 0.326 e. The Labute approximate surface area is 144 Å². The van der Waals surface area contributed by atoms with Crippen LogP contribution in [0.4, 0.5) is 16.2 Å². The molecule has 5 nitrogen and oxygen atoms in total. The fourth-order valence-corrected chi connectivity index (χ4v) is 2.76. The van der Waals surface area contributed by atoms with Crippen molar-refractivity contribution in [3.8, 4) is 0 Å². The number of hydrogen-bond donors (Lipinski definition) is 2. The second kappa shape index (κ2) is 9.30. The molecule has 0 spiro atoms. The number of benzene rings is 1. The van der Waals surface area contributed by atoms with Crippen LogP contribution in [0.25, 0.3) is 0 Å². The summed E-state index contributed by atoms with van der Waals surface area (Å²) in [7, 11) is 0. The normalized spacial score (nSPS) is 15.0. The van der Waals surface area contributed by atoms with E-state index in [0.717, 1.165) is 43.7 Å². The maximum Gasteiger partial charge on any atom is 0.321 e. The minimum atomic E-state index is -0.0365. The van der Waals surface area contributed by atoms with Crippen LogP contribution >= 0.6 is 0 Å². The molecule has 0 saturated carbocycles. The third kappa shape index (κ3) is 6.22. The van der Waals surface area contributed by atoms with Crippen LogP contribution in [-0.4, -0.2) is 29.9 Å². The van der Waals surface area contributed by atoms with E-state index in [4.69, 9.17) is 0 Å². The van der Waals surface area contributed by atoms with Crippen molar-refractivity contribution in [2.75, 3.05) is 23.7 Å². The molecule has 0 atom stereocenters. The highest BCUT2D eigenvalue weighted by atomic mass is 16.2. The minimum absolute atomic E-state index is 0.0325. The second-order valence-corrected chi connectivity index (χ2v) is 6.89. The highest BCUT2D eigenvalue weighted by molar-refractivity contribution is 5.92. The molecule has 0 bridgehead atoms. The molecule has 1 aromatic carbocycles. The van der Waals surface area contributed by atoms with Gasteiger partial charge in [0.2, 0.25) is 5.91 Å². The number of amides is 3. The summed E-state index contributed by atoms with van der Waals surface area (Å²) in [6.07, 6.45) is 5.98. The summed E-state index contributed by atoms with van der Waals surface area (Å²) in [6.45, 7) is 5.87. The number of nitrogens with one attached hydrogen (secondary N) is 2. The number of urea groups is 1. The first-order chi connectivity index (χ1) is 11.5. The molecule has 5 heteroatoms. The van der Waals surface area contributed by atoms with E-state index in [1.165, 1.54) is 12.8 Å². The number of rotatable bonds is 5. The van der Waals surface area contributed by atoms with E-state index in [0.29, 0.717) is 12.3 Å². The molecule has 1 fully saturated rings. The molecule has 0 aromatic heterocycles. The SMILES string of the molecule is CC(C)CCC(=O)Nc1ccc(NC(=O)N2CCCCCC2)cc1. The van der Waals surface area contributed by atoms with E-state index in [9.17, 15) is 9.59 Å². The van der Waals surface area contributed by atoms with Crippen LogP contribution in [0.1, 0.15) is 52.4 Å². The standard InChI is InChI=1S/C19H29N3O2/c1-15(2)7-12-18(23)20-16-8-10-17(11-9-16)21-19(24)22-13-5-3-4-6-14-22/h8-11,15H,3-7,12-14H2,1-2H3,(H,20,23)(H,21,24). The van der Waals surface area contributed by atoms with Crippen LogP contribution in [0.3, 0.4) is 0 Å². The van der Waals surface area contributed by atoms with Crippen LogP contribution in [0.15, 0.2) is 24.3 Å². The summed E-state index contributed by atoms with van der Waals surface area (Å²) >= 11 is 0. The van der Waals surface area contributed by atoms with Gasteiger partial charge in [-0.3, -0.25) is 4.79 Å². The number of carbonyl (C=O) groups is 2. The average Bonchev–Trinajstić information content (AvgIpc) is 2.84. The molecular weight excluding hydrogens is 302 g/mol. The lowest BCUT2D eigenvalue weighted by Crippen LogP contribution is -2.35. The average molecular weight is 331 g/mol. The molecule has 2 N–H and O–H groups in total. The summed E-state index contributed by atoms with van der Waals surface area (Å²) < 4.78 is 0. The van der Waals surface area contributed by atoms with E-state index >= 15 is 0 Å². The Hall–Kier alpha value is -2.04. The van der Waals surface area contributed by atoms with Crippen molar-refractivity contribution in [2.24, 2.45) is 5.92 Å². The molecule has 1 saturated heterocycles. The van der Waals surface area contributed by atoms with E-state index in [-0.39, 0.29) is 11.9 Å². The predicted octanol–water partition coefficient (Wildman–Crippen LogP) is 4.47. The van der Waals surface area contributed by atoms with Crippen LogP contribution in [0, 0.1) is 5.92 Å². The number of hydrogen-bond acceptors (Lipinski definition) is 2. The number of nitrogens with zero attached hydrogens (tertiary/aromatic N) is 1. The first-order valence-electron chi connectivity index (χ1n) is 9.00. The van der Waals surface area contributed by atoms with Gasteiger partial charge < -0.3 is 15.5 Å². The first kappa shape index (κ1) is 18.3. The van der Waals surface area contributed by atoms with Crippen molar-refractivity contribution in [2.45, 2.75) is 52.4 Å². The minimum Gasteiger partial charge on any atom is -0.326 e. The van der Waals surface area contributed by atoms with E-state index < -0.39 is 0 Å². The Bertz CT molecular complexity index is 532. The summed E-state index contributed by atoms with van der Waals surface area (Å²) in [6, 6.07) is 7.27. The molecule has 24 heavy (non-hydrogen) atoms. The predicted molar refractivity (Wildman–Crippen MR) is 98.2 cm³/mol. The molecule has 3 amide bonds. The van der Waals surface area contributed by atoms with Crippen LogP contribution < -0.4 is 10.6 Å². The van der Waals surface area contributed by atoms with Gasteiger partial charge in [0, 0.05) is 30.9 Å². The molecule has 132 valence electrons. The molecule has 1 aromatic rings. The topological polar surface area (TPSA) is 61.4 Å². The Morgan fingerprint density at radius 3 is 2.04 bits per heavy atom. The fourth-order valence-electron chi connectivity index (χ4n) is 2.76. The molecular formula is C19H29N3O2. The van der Waals surface area contributed by atoms with Crippen LogP contribution in [0.5, 0.6) is 0 Å². The summed E-state index contributed by atoms with van der Waals surface area (Å²) in [4.78, 5) is 26.0. The number of anilines is 2. The van der Waals surface area contributed by atoms with Crippen molar-refractivity contribution in [3.05, 3.63) is 24.3 Å². The highest BCUT2D eigenvalue weighted by Gasteiger charge is 2.15. The van der Waals surface area contributed by atoms with Crippen molar-refractivity contribution >= 4 is 23.3 Å². The monoisotopic (exact) mass is 331 g/mol. The lowest BCUT2D eigenvalue weighted by atomic mass is 10.1. The molecule has 1 heterocycles. The Balaban J connectivity index is 1.82. The fraction of sp³-hybridized carbons (Fsp3) is 0.579. The quantitative estimate of drug-likeness (QED) is 0.836. The van der Waals surface area contributed by atoms with Gasteiger partial charge in [-0.2, -0.15) is 0 Å². The molecule has 1 aliphatic heterocycles. The number of likely N-dealkylation sites (tertiary alicyclic amines) is 1. The second-order valence-electron chi connectivity index (χ2n) is 6.89. The first-order valence-corrected chi connectivity index (χ1v) is 9.00. The van der Waals surface area contributed by atoms with Gasteiger partial charge >= 0.3 is 6.03 Å². The van der Waals surface area contributed by atoms with Crippen molar-refractivity contribution < 1.29 is 9.59 Å². The van der Waals surface area contributed by atoms with Gasteiger partial charge in [0.25, 0.3) is 0 Å². The third-order valence-electron chi connectivity index (χ3n) is 4.26. The van der Waals surface area contributed by atoms with Gasteiger partial charge in [-0.25, -0.2) is 4.79 Å². The van der Waals surface area contributed by atoms with E-state index in [1.54, 1.807) is 0 Å². The zero-order valence-corrected chi connectivity index (χ0v) is 14.8. The van der Waals surface area contributed by atoms with Gasteiger partial charge in [0.1, 0.15) is 0 Å². The molecule has 2 rings (SSSR count). The van der Waals surface area contributed by atoms with Gasteiger partial charge in [-0.15, -0.1) is 0 Å². The van der Waals surface area contributed by atoms with Crippen LogP contribution in [0.2, 0.25) is 0 Å². The summed E-state index contributed by atoms with van der Waals surface area (Å²) in [5.41, 5.74) is 1.51. The lowest BCUT2D eigenvalue weighted by Gasteiger charge is -2.20. The van der Waals surface area contributed by atoms with Gasteiger partial charge in [0.15, 0.2) is 0 Å². The third-order valence-corrected chi connectivity index (χ3v) is 4.26. The van der Waals surface area contributed by atoms with Crippen molar-refractivity contribution in [1.29, 1.82) is 0 Å². The van der Waals surface area contributed by atoms with Gasteiger partial charge in [-0.05, 0) is 49.4 Å². The molecule has 1 aliphatic rings. The van der Waals surface area contributed by atoms with Crippen LogP contribution in [-0.2, 0) is 4.79 Å². The maximum absolute atomic E-state index is 12.3. The Morgan fingerprint density at radius 2 is 1.50 bits per heavy atom. The molecule has 0 radical (unpaired) electrons. The number of carbonyl (C=O) groups excluding carboxylic acids is 2. The van der Waals surface area contributed by atoms with E-state index in [2.05, 4.69) is 24.5 Å². The zero-order chi connectivity index (χ0) is 17.4. The smallest absolute Gasteiger partial charge is 0.321 e. The molecule has 0 unspecified atom stereocenters.